The number of rotatable bonds is 2. The number of likely N-dealkylation sites (N-methyl/N-ethyl adjacent to an activating group) is 1. The summed E-state index contributed by atoms with van der Waals surface area (Å²) in [5, 5.41) is 0.655. The average molecular weight is 278 g/mol. The Morgan fingerprint density at radius 2 is 2.00 bits per heavy atom. The predicted octanol–water partition coefficient (Wildman–Crippen LogP) is 1.78. The summed E-state index contributed by atoms with van der Waals surface area (Å²) >= 11 is 5.83. The van der Waals surface area contributed by atoms with E-state index in [2.05, 4.69) is 0 Å². The normalized spacial score (nSPS) is 28.7. The molecule has 1 aromatic rings. The quantitative estimate of drug-likeness (QED) is 0.611. The van der Waals surface area contributed by atoms with Crippen LogP contribution in [0.1, 0.15) is 5.56 Å². The molecule has 0 aliphatic carbocycles. The monoisotopic (exact) mass is 277 g/mol. The Hall–Kier alpha value is -1.81. The molecule has 2 atom stereocenters. The predicted molar refractivity (Wildman–Crippen MR) is 69.4 cm³/mol. The van der Waals surface area contributed by atoms with Crippen LogP contribution >= 0.6 is 11.6 Å². The van der Waals surface area contributed by atoms with E-state index >= 15 is 0 Å². The molecule has 3 rings (SSSR count). The summed E-state index contributed by atoms with van der Waals surface area (Å²) in [5.74, 6) is -0.781. The van der Waals surface area contributed by atoms with Gasteiger partial charge >= 0.3 is 5.97 Å². The molecule has 2 aliphatic heterocycles. The Balaban J connectivity index is 1.84. The third-order valence-electron chi connectivity index (χ3n) is 3.73. The van der Waals surface area contributed by atoms with E-state index in [-0.39, 0.29) is 11.8 Å². The molecule has 0 bridgehead atoms. The van der Waals surface area contributed by atoms with Crippen LogP contribution < -0.4 is 0 Å². The molecule has 0 unspecified atom stereocenters. The molecule has 0 aromatic heterocycles. The second-order valence-electron chi connectivity index (χ2n) is 4.79. The molecular weight excluding hydrogens is 266 g/mol. The van der Waals surface area contributed by atoms with Gasteiger partial charge in [0.2, 0.25) is 11.6 Å². The van der Waals surface area contributed by atoms with Gasteiger partial charge in [-0.3, -0.25) is 4.79 Å². The Morgan fingerprint density at radius 1 is 1.32 bits per heavy atom. The molecule has 5 heteroatoms. The Bertz CT molecular complexity index is 581. The molecular formula is C14H12ClNO3. The maximum absolute atomic E-state index is 12.0. The van der Waals surface area contributed by atoms with E-state index < -0.39 is 11.7 Å². The van der Waals surface area contributed by atoms with E-state index in [0.29, 0.717) is 11.4 Å². The first-order valence-electron chi connectivity index (χ1n) is 5.97. The number of hydrogen-bond acceptors (Lipinski definition) is 3. The first-order chi connectivity index (χ1) is 9.03. The minimum atomic E-state index is -0.895. The molecule has 1 amide bonds. The van der Waals surface area contributed by atoms with Crippen LogP contribution in [0.25, 0.3) is 0 Å². The number of esters is 1. The number of ether oxygens (including phenoxy) is 1. The number of carbonyl (C=O) groups excluding carboxylic acids is 2. The van der Waals surface area contributed by atoms with Crippen LogP contribution in [0.5, 0.6) is 0 Å². The third-order valence-corrected chi connectivity index (χ3v) is 3.98. The molecule has 1 saturated heterocycles. The van der Waals surface area contributed by atoms with Crippen LogP contribution in [0.4, 0.5) is 0 Å². The summed E-state index contributed by atoms with van der Waals surface area (Å²) in [6.07, 6.45) is 3.56. The van der Waals surface area contributed by atoms with Crippen LogP contribution in [0.2, 0.25) is 5.02 Å². The first-order valence-corrected chi connectivity index (χ1v) is 6.35. The van der Waals surface area contributed by atoms with E-state index in [4.69, 9.17) is 16.3 Å². The number of halogens is 1. The van der Waals surface area contributed by atoms with Crippen LogP contribution in [0, 0.1) is 5.92 Å². The fourth-order valence-corrected chi connectivity index (χ4v) is 2.75. The fourth-order valence-electron chi connectivity index (χ4n) is 2.62. The lowest BCUT2D eigenvalue weighted by Gasteiger charge is -2.51. The van der Waals surface area contributed by atoms with E-state index in [9.17, 15) is 9.59 Å². The highest BCUT2D eigenvalue weighted by atomic mass is 35.5. The average Bonchev–Trinajstić information content (AvgIpc) is 2.81. The minimum absolute atomic E-state index is 0.0192. The lowest BCUT2D eigenvalue weighted by atomic mass is 9.79. The summed E-state index contributed by atoms with van der Waals surface area (Å²) in [7, 11) is 1.64. The Labute approximate surface area is 115 Å². The van der Waals surface area contributed by atoms with Gasteiger partial charge in [0.1, 0.15) is 5.92 Å². The second-order valence-corrected chi connectivity index (χ2v) is 5.22. The standard InChI is InChI=1S/C14H12ClNO3/c1-16-13(18)11(14(16)7-6-12(17)19-14)8-9-2-4-10(15)5-3-9/h2-7,11H,8H2,1H3/t11-,14+/m1/s1. The Morgan fingerprint density at radius 3 is 2.58 bits per heavy atom. The summed E-state index contributed by atoms with van der Waals surface area (Å²) < 4.78 is 5.31. The van der Waals surface area contributed by atoms with E-state index in [0.717, 1.165) is 5.56 Å². The highest BCUT2D eigenvalue weighted by Crippen LogP contribution is 2.43. The van der Waals surface area contributed by atoms with Crippen LogP contribution in [0.15, 0.2) is 36.4 Å². The molecule has 2 aliphatic rings. The Kier molecular flexibility index (Phi) is 2.64. The van der Waals surface area contributed by atoms with Crippen molar-refractivity contribution in [2.75, 3.05) is 7.05 Å². The van der Waals surface area contributed by atoms with Crippen molar-refractivity contribution in [3.05, 3.63) is 47.0 Å². The van der Waals surface area contributed by atoms with Crippen molar-refractivity contribution in [3.63, 3.8) is 0 Å². The zero-order chi connectivity index (χ0) is 13.6. The van der Waals surface area contributed by atoms with E-state index in [1.54, 1.807) is 25.3 Å². The lowest BCUT2D eigenvalue weighted by molar-refractivity contribution is -0.211. The van der Waals surface area contributed by atoms with Crippen LogP contribution in [-0.2, 0) is 20.7 Å². The van der Waals surface area contributed by atoms with E-state index in [1.807, 2.05) is 12.1 Å². The maximum Gasteiger partial charge on any atom is 0.333 e. The molecule has 1 spiro atoms. The number of β-lactam (4-membered cyclic amide) rings is 1. The third kappa shape index (κ3) is 1.75. The van der Waals surface area contributed by atoms with Crippen molar-refractivity contribution < 1.29 is 14.3 Å². The number of benzene rings is 1. The van der Waals surface area contributed by atoms with Gasteiger partial charge < -0.3 is 9.64 Å². The highest BCUT2D eigenvalue weighted by Gasteiger charge is 2.61. The van der Waals surface area contributed by atoms with Crippen molar-refractivity contribution in [2.45, 2.75) is 12.1 Å². The van der Waals surface area contributed by atoms with Gasteiger partial charge in [0.25, 0.3) is 0 Å². The molecule has 19 heavy (non-hydrogen) atoms. The zero-order valence-corrected chi connectivity index (χ0v) is 11.1. The van der Waals surface area contributed by atoms with Crippen molar-refractivity contribution in [3.8, 4) is 0 Å². The molecule has 0 radical (unpaired) electrons. The van der Waals surface area contributed by atoms with Gasteiger partial charge in [0, 0.05) is 18.1 Å². The lowest BCUT2D eigenvalue weighted by Crippen LogP contribution is -2.69. The molecule has 0 saturated carbocycles. The summed E-state index contributed by atoms with van der Waals surface area (Å²) in [6.45, 7) is 0. The highest BCUT2D eigenvalue weighted by molar-refractivity contribution is 6.30. The largest absolute Gasteiger partial charge is 0.431 e. The minimum Gasteiger partial charge on any atom is -0.431 e. The van der Waals surface area contributed by atoms with Crippen LogP contribution in [-0.4, -0.2) is 29.5 Å². The number of nitrogens with zero attached hydrogens (tertiary/aromatic N) is 1. The number of amides is 1. The maximum atomic E-state index is 12.0. The smallest absolute Gasteiger partial charge is 0.333 e. The van der Waals surface area contributed by atoms with Gasteiger partial charge in [0.15, 0.2) is 0 Å². The SMILES string of the molecule is CN1C(=O)[C@@H](Cc2ccc(Cl)cc2)[C@@]12C=CC(=O)O2. The van der Waals surface area contributed by atoms with Crippen molar-refractivity contribution in [1.82, 2.24) is 4.90 Å². The molecule has 2 heterocycles. The topological polar surface area (TPSA) is 46.6 Å². The number of likely N-dealkylation sites (tertiary alicyclic amines) is 1. The molecule has 98 valence electrons. The van der Waals surface area contributed by atoms with Crippen molar-refractivity contribution in [1.29, 1.82) is 0 Å². The van der Waals surface area contributed by atoms with E-state index in [1.165, 1.54) is 11.0 Å². The van der Waals surface area contributed by atoms with Crippen LogP contribution in [0.3, 0.4) is 0 Å². The van der Waals surface area contributed by atoms with Crippen molar-refractivity contribution in [2.24, 2.45) is 5.92 Å². The summed E-state index contributed by atoms with van der Waals surface area (Å²) in [4.78, 5) is 24.7. The van der Waals surface area contributed by atoms with Crippen molar-refractivity contribution >= 4 is 23.5 Å². The van der Waals surface area contributed by atoms with Gasteiger partial charge in [-0.05, 0) is 30.2 Å². The summed E-state index contributed by atoms with van der Waals surface area (Å²) in [6, 6.07) is 7.32. The van der Waals surface area contributed by atoms with Gasteiger partial charge in [-0.2, -0.15) is 0 Å². The molecule has 0 N–H and O–H groups in total. The van der Waals surface area contributed by atoms with Gasteiger partial charge in [-0.1, -0.05) is 23.7 Å². The van der Waals surface area contributed by atoms with Gasteiger partial charge in [-0.25, -0.2) is 4.79 Å². The molecule has 4 nitrogen and oxygen atoms in total. The fraction of sp³-hybridized carbons (Fsp3) is 0.286. The first kappa shape index (κ1) is 12.2. The molecule has 1 aromatic carbocycles. The number of hydrogen-bond donors (Lipinski definition) is 0. The zero-order valence-electron chi connectivity index (χ0n) is 10.3. The summed E-state index contributed by atoms with van der Waals surface area (Å²) in [5.41, 5.74) is 0.0972. The van der Waals surface area contributed by atoms with Gasteiger partial charge in [-0.15, -0.1) is 0 Å². The molecule has 1 fully saturated rings. The van der Waals surface area contributed by atoms with Gasteiger partial charge in [0.05, 0.1) is 0 Å². The second kappa shape index (κ2) is 4.10. The number of carbonyl (C=O) groups is 2.